The summed E-state index contributed by atoms with van der Waals surface area (Å²) in [7, 11) is 0. The number of thioether (sulfide) groups is 1. The molecule has 0 aromatic heterocycles. The Morgan fingerprint density at radius 3 is 3.17 bits per heavy atom. The lowest BCUT2D eigenvalue weighted by atomic mass is 10.2. The summed E-state index contributed by atoms with van der Waals surface area (Å²) in [6, 6.07) is 5.67. The first-order valence-corrected chi connectivity index (χ1v) is 8.04. The van der Waals surface area contributed by atoms with Crippen molar-refractivity contribution in [3.05, 3.63) is 27.7 Å². The number of hydrogen-bond acceptors (Lipinski definition) is 3. The molecule has 18 heavy (non-hydrogen) atoms. The Morgan fingerprint density at radius 1 is 1.61 bits per heavy atom. The third kappa shape index (κ3) is 4.16. The molecule has 1 amide bonds. The second-order valence-electron chi connectivity index (χ2n) is 4.10. The van der Waals surface area contributed by atoms with E-state index in [1.807, 2.05) is 23.9 Å². The quantitative estimate of drug-likeness (QED) is 0.881. The predicted molar refractivity (Wildman–Crippen MR) is 81.5 cm³/mol. The molecule has 1 fully saturated rings. The first-order chi connectivity index (χ1) is 8.65. The van der Waals surface area contributed by atoms with Crippen LogP contribution < -0.4 is 10.6 Å². The smallest absolute Gasteiger partial charge is 0.226 e. The van der Waals surface area contributed by atoms with Crippen molar-refractivity contribution in [2.24, 2.45) is 0 Å². The molecule has 1 atom stereocenters. The topological polar surface area (TPSA) is 41.1 Å². The van der Waals surface area contributed by atoms with Gasteiger partial charge in [0.2, 0.25) is 5.91 Å². The van der Waals surface area contributed by atoms with Crippen molar-refractivity contribution in [1.29, 1.82) is 0 Å². The monoisotopic (exact) mass is 348 g/mol. The number of amides is 1. The Morgan fingerprint density at radius 2 is 2.44 bits per heavy atom. The van der Waals surface area contributed by atoms with Gasteiger partial charge in [-0.1, -0.05) is 27.5 Å². The highest BCUT2D eigenvalue weighted by Crippen LogP contribution is 2.26. The molecule has 2 rings (SSSR count). The standard InChI is InChI=1S/C12H14BrClN2OS/c13-8-1-2-10(14)11(5-8)16-12(17)6-9-7-18-4-3-15-9/h1-2,5,9,15H,3-4,6-7H2,(H,16,17). The molecule has 1 aromatic carbocycles. The number of rotatable bonds is 3. The van der Waals surface area contributed by atoms with Gasteiger partial charge in [-0.25, -0.2) is 0 Å². The molecule has 1 unspecified atom stereocenters. The third-order valence-corrected chi connectivity index (χ3v) is 4.59. The Hall–Kier alpha value is -0.230. The van der Waals surface area contributed by atoms with E-state index in [1.54, 1.807) is 6.07 Å². The molecule has 0 saturated carbocycles. The van der Waals surface area contributed by atoms with Gasteiger partial charge in [0.15, 0.2) is 0 Å². The van der Waals surface area contributed by atoms with E-state index in [2.05, 4.69) is 26.6 Å². The van der Waals surface area contributed by atoms with Crippen LogP contribution in [0.5, 0.6) is 0 Å². The van der Waals surface area contributed by atoms with Gasteiger partial charge in [0.05, 0.1) is 10.7 Å². The summed E-state index contributed by atoms with van der Waals surface area (Å²) >= 11 is 11.3. The number of nitrogens with one attached hydrogen (secondary N) is 2. The van der Waals surface area contributed by atoms with Crippen LogP contribution in [0.4, 0.5) is 5.69 Å². The molecule has 2 N–H and O–H groups in total. The van der Waals surface area contributed by atoms with E-state index in [4.69, 9.17) is 11.6 Å². The summed E-state index contributed by atoms with van der Waals surface area (Å²) in [5.41, 5.74) is 0.652. The molecule has 0 spiro atoms. The van der Waals surface area contributed by atoms with Crippen LogP contribution in [0.25, 0.3) is 0 Å². The van der Waals surface area contributed by atoms with Gasteiger partial charge in [-0.2, -0.15) is 11.8 Å². The van der Waals surface area contributed by atoms with Gasteiger partial charge in [-0.3, -0.25) is 4.79 Å². The first kappa shape index (κ1) is 14.2. The zero-order valence-electron chi connectivity index (χ0n) is 9.71. The zero-order valence-corrected chi connectivity index (χ0v) is 12.9. The number of carbonyl (C=O) groups excluding carboxylic acids is 1. The van der Waals surface area contributed by atoms with E-state index >= 15 is 0 Å². The number of hydrogen-bond donors (Lipinski definition) is 2. The maximum Gasteiger partial charge on any atom is 0.226 e. The number of halogens is 2. The van der Waals surface area contributed by atoms with E-state index in [0.29, 0.717) is 17.1 Å². The zero-order chi connectivity index (χ0) is 13.0. The second kappa shape index (κ2) is 6.80. The first-order valence-electron chi connectivity index (χ1n) is 5.71. The van der Waals surface area contributed by atoms with Gasteiger partial charge < -0.3 is 10.6 Å². The van der Waals surface area contributed by atoms with Gasteiger partial charge in [-0.05, 0) is 18.2 Å². The number of benzene rings is 1. The molecule has 3 nitrogen and oxygen atoms in total. The lowest BCUT2D eigenvalue weighted by molar-refractivity contribution is -0.116. The Bertz CT molecular complexity index is 438. The fraction of sp³-hybridized carbons (Fsp3) is 0.417. The van der Waals surface area contributed by atoms with E-state index in [-0.39, 0.29) is 11.9 Å². The van der Waals surface area contributed by atoms with Gasteiger partial charge in [0.1, 0.15) is 0 Å². The van der Waals surface area contributed by atoms with Crippen LogP contribution in [-0.2, 0) is 4.79 Å². The van der Waals surface area contributed by atoms with Crippen LogP contribution in [0.15, 0.2) is 22.7 Å². The highest BCUT2D eigenvalue weighted by Gasteiger charge is 2.17. The fourth-order valence-electron chi connectivity index (χ4n) is 1.77. The molecule has 1 heterocycles. The number of carbonyl (C=O) groups is 1. The average molecular weight is 350 g/mol. The van der Waals surface area contributed by atoms with Crippen LogP contribution in [0.1, 0.15) is 6.42 Å². The summed E-state index contributed by atoms with van der Waals surface area (Å²) in [5.74, 6) is 2.10. The SMILES string of the molecule is O=C(CC1CSCCN1)Nc1cc(Br)ccc1Cl. The minimum Gasteiger partial charge on any atom is -0.325 e. The summed E-state index contributed by atoms with van der Waals surface area (Å²) in [4.78, 5) is 11.9. The molecule has 6 heteroatoms. The summed E-state index contributed by atoms with van der Waals surface area (Å²) in [6.45, 7) is 0.972. The Labute approximate surface area is 124 Å². The third-order valence-electron chi connectivity index (χ3n) is 2.63. The summed E-state index contributed by atoms with van der Waals surface area (Å²) < 4.78 is 0.897. The van der Waals surface area contributed by atoms with Crippen molar-refractivity contribution < 1.29 is 4.79 Å². The van der Waals surface area contributed by atoms with E-state index in [9.17, 15) is 4.79 Å². The van der Waals surface area contributed by atoms with Crippen LogP contribution >= 0.6 is 39.3 Å². The van der Waals surface area contributed by atoms with Crippen LogP contribution in [0, 0.1) is 0 Å². The van der Waals surface area contributed by atoms with Crippen LogP contribution in [0.3, 0.4) is 0 Å². The lowest BCUT2D eigenvalue weighted by Crippen LogP contribution is -2.39. The molecule has 0 radical (unpaired) electrons. The highest BCUT2D eigenvalue weighted by atomic mass is 79.9. The van der Waals surface area contributed by atoms with Crippen molar-refractivity contribution in [3.8, 4) is 0 Å². The normalized spacial score (nSPS) is 19.6. The van der Waals surface area contributed by atoms with Gasteiger partial charge in [0, 0.05) is 35.0 Å². The minimum absolute atomic E-state index is 0.00463. The number of anilines is 1. The van der Waals surface area contributed by atoms with Gasteiger partial charge in [-0.15, -0.1) is 0 Å². The van der Waals surface area contributed by atoms with E-state index < -0.39 is 0 Å². The Kier molecular flexibility index (Phi) is 5.36. The highest BCUT2D eigenvalue weighted by molar-refractivity contribution is 9.10. The van der Waals surface area contributed by atoms with Crippen molar-refractivity contribution >= 4 is 50.9 Å². The molecule has 0 aliphatic carbocycles. The van der Waals surface area contributed by atoms with Crippen LogP contribution in [0.2, 0.25) is 5.02 Å². The lowest BCUT2D eigenvalue weighted by Gasteiger charge is -2.22. The van der Waals surface area contributed by atoms with Crippen LogP contribution in [-0.4, -0.2) is 30.0 Å². The maximum absolute atomic E-state index is 11.9. The van der Waals surface area contributed by atoms with E-state index in [0.717, 1.165) is 22.5 Å². The van der Waals surface area contributed by atoms with Crippen molar-refractivity contribution in [2.75, 3.05) is 23.4 Å². The van der Waals surface area contributed by atoms with E-state index in [1.165, 1.54) is 0 Å². The predicted octanol–water partition coefficient (Wildman–Crippen LogP) is 3.14. The molecule has 1 aliphatic heterocycles. The van der Waals surface area contributed by atoms with Gasteiger partial charge in [0.25, 0.3) is 0 Å². The van der Waals surface area contributed by atoms with Crippen molar-refractivity contribution in [3.63, 3.8) is 0 Å². The molecular formula is C12H14BrClN2OS. The Balaban J connectivity index is 1.92. The second-order valence-corrected chi connectivity index (χ2v) is 6.58. The van der Waals surface area contributed by atoms with Gasteiger partial charge >= 0.3 is 0 Å². The maximum atomic E-state index is 11.9. The molecule has 1 aliphatic rings. The minimum atomic E-state index is -0.00463. The average Bonchev–Trinajstić information content (AvgIpc) is 2.35. The van der Waals surface area contributed by atoms with Crippen molar-refractivity contribution in [2.45, 2.75) is 12.5 Å². The largest absolute Gasteiger partial charge is 0.325 e. The molecular weight excluding hydrogens is 336 g/mol. The molecule has 1 saturated heterocycles. The summed E-state index contributed by atoms with van der Waals surface area (Å²) in [5, 5.41) is 6.74. The molecule has 0 bridgehead atoms. The fourth-order valence-corrected chi connectivity index (χ4v) is 3.24. The molecule has 98 valence electrons. The molecule has 1 aromatic rings. The summed E-state index contributed by atoms with van der Waals surface area (Å²) in [6.07, 6.45) is 0.482. The van der Waals surface area contributed by atoms with Crippen molar-refractivity contribution in [1.82, 2.24) is 5.32 Å².